The van der Waals surface area contributed by atoms with Gasteiger partial charge in [0.2, 0.25) is 0 Å². The zero-order valence-corrected chi connectivity index (χ0v) is 15.0. The van der Waals surface area contributed by atoms with E-state index < -0.39 is 6.29 Å². The number of aliphatic hydroxyl groups is 1. The quantitative estimate of drug-likeness (QED) is 0.847. The molecule has 0 bridgehead atoms. The molecule has 3 atom stereocenters. The predicted octanol–water partition coefficient (Wildman–Crippen LogP) is 1.70. The van der Waals surface area contributed by atoms with E-state index in [1.165, 1.54) is 11.1 Å². The van der Waals surface area contributed by atoms with Crippen molar-refractivity contribution in [2.45, 2.75) is 57.1 Å². The average Bonchev–Trinajstić information content (AvgIpc) is 2.95. The van der Waals surface area contributed by atoms with E-state index in [1.807, 2.05) is 26.1 Å². The number of nitrogens with one attached hydrogen (secondary N) is 1. The third-order valence-electron chi connectivity index (χ3n) is 5.14. The summed E-state index contributed by atoms with van der Waals surface area (Å²) in [5, 5.41) is 12.7. The van der Waals surface area contributed by atoms with Crippen LogP contribution in [0.2, 0.25) is 0 Å². The van der Waals surface area contributed by atoms with Gasteiger partial charge in [0.05, 0.1) is 6.10 Å². The van der Waals surface area contributed by atoms with Gasteiger partial charge >= 0.3 is 6.09 Å². The van der Waals surface area contributed by atoms with Gasteiger partial charge in [0.25, 0.3) is 0 Å². The summed E-state index contributed by atoms with van der Waals surface area (Å²) in [5.41, 5.74) is 2.61. The Balaban J connectivity index is 1.36. The molecule has 0 unspecified atom stereocenters. The maximum Gasteiger partial charge on any atom is 0.407 e. The lowest BCUT2D eigenvalue weighted by Crippen LogP contribution is -2.44. The van der Waals surface area contributed by atoms with Crippen LogP contribution in [0.15, 0.2) is 24.3 Å². The van der Waals surface area contributed by atoms with Crippen molar-refractivity contribution in [1.29, 1.82) is 0 Å². The Bertz CT molecular complexity index is 560. The lowest BCUT2D eigenvalue weighted by atomic mass is 10.0. The maximum atomic E-state index is 12.0. The van der Waals surface area contributed by atoms with Crippen LogP contribution in [0.25, 0.3) is 0 Å². The number of carbonyl (C=O) groups is 1. The summed E-state index contributed by atoms with van der Waals surface area (Å²) >= 11 is 0. The highest BCUT2D eigenvalue weighted by atomic mass is 16.6. The summed E-state index contributed by atoms with van der Waals surface area (Å²) in [6.45, 7) is 2.94. The van der Waals surface area contributed by atoms with Crippen LogP contribution < -0.4 is 5.32 Å². The van der Waals surface area contributed by atoms with Crippen LogP contribution in [0, 0.1) is 0 Å². The number of ether oxygens (including phenoxy) is 2. The first-order chi connectivity index (χ1) is 12.0. The lowest BCUT2D eigenvalue weighted by molar-refractivity contribution is -0.174. The van der Waals surface area contributed by atoms with E-state index in [0.717, 1.165) is 19.3 Å². The van der Waals surface area contributed by atoms with Gasteiger partial charge in [0, 0.05) is 25.0 Å². The molecule has 1 aliphatic carbocycles. The number of fused-ring (bicyclic) bond motifs is 1. The fourth-order valence-corrected chi connectivity index (χ4v) is 3.79. The molecule has 1 heterocycles. The number of benzene rings is 1. The molecule has 2 aliphatic rings. The lowest BCUT2D eigenvalue weighted by Gasteiger charge is -2.36. The molecular formula is C19H28N2O4. The monoisotopic (exact) mass is 348 g/mol. The van der Waals surface area contributed by atoms with Crippen molar-refractivity contribution in [1.82, 2.24) is 10.2 Å². The SMILES string of the molecule is C[C@@H]1C[C@H](N(C)CCOC(=O)NC2Cc3ccccc3C2)C[C@H](O)O1. The minimum absolute atomic E-state index is 0.0458. The molecule has 2 N–H and O–H groups in total. The van der Waals surface area contributed by atoms with Crippen molar-refractivity contribution in [3.63, 3.8) is 0 Å². The van der Waals surface area contributed by atoms with Gasteiger partial charge < -0.3 is 19.9 Å². The summed E-state index contributed by atoms with van der Waals surface area (Å²) < 4.78 is 10.7. The van der Waals surface area contributed by atoms with Gasteiger partial charge in [-0.3, -0.25) is 4.90 Å². The third kappa shape index (κ3) is 4.93. The Morgan fingerprint density at radius 3 is 2.64 bits per heavy atom. The summed E-state index contributed by atoms with van der Waals surface area (Å²) in [6.07, 6.45) is 2.18. The Labute approximate surface area is 149 Å². The fraction of sp³-hybridized carbons (Fsp3) is 0.632. The smallest absolute Gasteiger partial charge is 0.407 e. The molecule has 1 aliphatic heterocycles. The normalized spacial score (nSPS) is 26.5. The van der Waals surface area contributed by atoms with E-state index in [0.29, 0.717) is 19.6 Å². The number of rotatable bonds is 5. The fourth-order valence-electron chi connectivity index (χ4n) is 3.79. The number of amides is 1. The Morgan fingerprint density at radius 1 is 1.32 bits per heavy atom. The highest BCUT2D eigenvalue weighted by Crippen LogP contribution is 2.22. The van der Waals surface area contributed by atoms with Crippen molar-refractivity contribution in [2.24, 2.45) is 0 Å². The molecule has 6 nitrogen and oxygen atoms in total. The number of carbonyl (C=O) groups excluding carboxylic acids is 1. The minimum atomic E-state index is -0.704. The third-order valence-corrected chi connectivity index (χ3v) is 5.14. The number of hydrogen-bond acceptors (Lipinski definition) is 5. The van der Waals surface area contributed by atoms with Gasteiger partial charge in [-0.1, -0.05) is 24.3 Å². The molecule has 25 heavy (non-hydrogen) atoms. The minimum Gasteiger partial charge on any atom is -0.448 e. The van der Waals surface area contributed by atoms with Crippen LogP contribution >= 0.6 is 0 Å². The Morgan fingerprint density at radius 2 is 2.00 bits per heavy atom. The van der Waals surface area contributed by atoms with Crippen molar-refractivity contribution >= 4 is 6.09 Å². The number of hydrogen-bond donors (Lipinski definition) is 2. The molecule has 1 aromatic rings. The van der Waals surface area contributed by atoms with Crippen LogP contribution in [0.3, 0.4) is 0 Å². The number of aliphatic hydroxyl groups excluding tert-OH is 1. The molecular weight excluding hydrogens is 320 g/mol. The van der Waals surface area contributed by atoms with Crippen LogP contribution in [-0.2, 0) is 22.3 Å². The second kappa shape index (κ2) is 8.17. The number of likely N-dealkylation sites (N-methyl/N-ethyl adjacent to an activating group) is 1. The van der Waals surface area contributed by atoms with Crippen molar-refractivity contribution in [3.8, 4) is 0 Å². The van der Waals surface area contributed by atoms with E-state index in [-0.39, 0.29) is 24.3 Å². The van der Waals surface area contributed by atoms with Gasteiger partial charge in [-0.2, -0.15) is 0 Å². The Hall–Kier alpha value is -1.63. The highest BCUT2D eigenvalue weighted by molar-refractivity contribution is 5.68. The first-order valence-electron chi connectivity index (χ1n) is 9.05. The van der Waals surface area contributed by atoms with E-state index in [2.05, 4.69) is 22.3 Å². The van der Waals surface area contributed by atoms with Gasteiger partial charge in [0.15, 0.2) is 6.29 Å². The second-order valence-electron chi connectivity index (χ2n) is 7.16. The molecule has 0 aromatic heterocycles. The first-order valence-corrected chi connectivity index (χ1v) is 9.05. The molecule has 0 saturated carbocycles. The summed E-state index contributed by atoms with van der Waals surface area (Å²) in [7, 11) is 1.99. The van der Waals surface area contributed by atoms with Crippen LogP contribution in [0.1, 0.15) is 30.9 Å². The number of nitrogens with zero attached hydrogens (tertiary/aromatic N) is 1. The first kappa shape index (κ1) is 18.2. The molecule has 1 aromatic carbocycles. The van der Waals surface area contributed by atoms with Crippen molar-refractivity contribution < 1.29 is 19.4 Å². The summed E-state index contributed by atoms with van der Waals surface area (Å²) in [5.74, 6) is 0. The largest absolute Gasteiger partial charge is 0.448 e. The van der Waals surface area contributed by atoms with Gasteiger partial charge in [-0.25, -0.2) is 4.79 Å². The summed E-state index contributed by atoms with van der Waals surface area (Å²) in [6, 6.07) is 8.65. The van der Waals surface area contributed by atoms with Crippen LogP contribution in [-0.4, -0.2) is 60.8 Å². The zero-order chi connectivity index (χ0) is 17.8. The standard InChI is InChI=1S/C19H28N2O4/c1-13-9-17(12-18(22)25-13)21(2)7-8-24-19(23)20-16-10-14-5-3-4-6-15(14)11-16/h3-6,13,16-18,22H,7-12H2,1-2H3,(H,20,23)/t13-,17+,18-/m1/s1. The second-order valence-corrected chi connectivity index (χ2v) is 7.16. The molecule has 0 spiro atoms. The number of alkyl carbamates (subject to hydrolysis) is 1. The van der Waals surface area contributed by atoms with E-state index in [9.17, 15) is 9.90 Å². The van der Waals surface area contributed by atoms with Gasteiger partial charge in [-0.05, 0) is 44.4 Å². The molecule has 1 saturated heterocycles. The van der Waals surface area contributed by atoms with Crippen molar-refractivity contribution in [2.75, 3.05) is 20.2 Å². The zero-order valence-electron chi connectivity index (χ0n) is 15.0. The molecule has 3 rings (SSSR count). The molecule has 138 valence electrons. The van der Waals surface area contributed by atoms with Crippen molar-refractivity contribution in [3.05, 3.63) is 35.4 Å². The Kier molecular flexibility index (Phi) is 5.93. The molecule has 0 radical (unpaired) electrons. The predicted molar refractivity (Wildman–Crippen MR) is 94.3 cm³/mol. The molecule has 6 heteroatoms. The van der Waals surface area contributed by atoms with E-state index >= 15 is 0 Å². The summed E-state index contributed by atoms with van der Waals surface area (Å²) in [4.78, 5) is 14.1. The van der Waals surface area contributed by atoms with E-state index in [1.54, 1.807) is 0 Å². The van der Waals surface area contributed by atoms with Crippen LogP contribution in [0.4, 0.5) is 4.79 Å². The topological polar surface area (TPSA) is 71.0 Å². The average molecular weight is 348 g/mol. The highest BCUT2D eigenvalue weighted by Gasteiger charge is 2.28. The van der Waals surface area contributed by atoms with Crippen LogP contribution in [0.5, 0.6) is 0 Å². The maximum absolute atomic E-state index is 12.0. The molecule has 1 fully saturated rings. The van der Waals surface area contributed by atoms with Gasteiger partial charge in [-0.15, -0.1) is 0 Å². The molecule has 1 amide bonds. The van der Waals surface area contributed by atoms with E-state index in [4.69, 9.17) is 9.47 Å². The van der Waals surface area contributed by atoms with Gasteiger partial charge in [0.1, 0.15) is 6.61 Å².